The number of halogens is 1. The van der Waals surface area contributed by atoms with Gasteiger partial charge in [-0.1, -0.05) is 30.9 Å². The van der Waals surface area contributed by atoms with Gasteiger partial charge in [-0.2, -0.15) is 0 Å². The van der Waals surface area contributed by atoms with Crippen LogP contribution < -0.4 is 5.32 Å². The zero-order chi connectivity index (χ0) is 14.5. The summed E-state index contributed by atoms with van der Waals surface area (Å²) in [5.41, 5.74) is 0.0360. The van der Waals surface area contributed by atoms with Crippen LogP contribution in [0.5, 0.6) is 0 Å². The SMILES string of the molecule is O=C(NCC1CCCCC1)c1ccc(Cl)c([N+](=O)[O-])c1. The molecular formula is C14H17ClN2O3. The van der Waals surface area contributed by atoms with Crippen LogP contribution in [0, 0.1) is 16.0 Å². The van der Waals surface area contributed by atoms with Gasteiger partial charge in [0, 0.05) is 18.2 Å². The Hall–Kier alpha value is -1.62. The Kier molecular flexibility index (Phi) is 4.95. The minimum absolute atomic E-state index is 0.0406. The molecule has 0 saturated heterocycles. The molecule has 0 aromatic heterocycles. The summed E-state index contributed by atoms with van der Waals surface area (Å²) < 4.78 is 0. The minimum Gasteiger partial charge on any atom is -0.352 e. The van der Waals surface area contributed by atoms with E-state index in [1.807, 2.05) is 0 Å². The molecule has 0 heterocycles. The molecule has 1 fully saturated rings. The van der Waals surface area contributed by atoms with Crippen molar-refractivity contribution >= 4 is 23.2 Å². The number of amides is 1. The van der Waals surface area contributed by atoms with Gasteiger partial charge in [0.25, 0.3) is 11.6 Å². The van der Waals surface area contributed by atoms with E-state index in [0.717, 1.165) is 12.8 Å². The van der Waals surface area contributed by atoms with E-state index in [2.05, 4.69) is 5.32 Å². The lowest BCUT2D eigenvalue weighted by molar-refractivity contribution is -0.384. The second-order valence-electron chi connectivity index (χ2n) is 5.14. The van der Waals surface area contributed by atoms with Gasteiger partial charge in [0.15, 0.2) is 0 Å². The Morgan fingerprint density at radius 1 is 1.35 bits per heavy atom. The fraction of sp³-hybridized carbons (Fsp3) is 0.500. The average molecular weight is 297 g/mol. The third kappa shape index (κ3) is 3.70. The number of hydrogen-bond acceptors (Lipinski definition) is 3. The highest BCUT2D eigenvalue weighted by atomic mass is 35.5. The summed E-state index contributed by atoms with van der Waals surface area (Å²) in [5, 5.41) is 13.7. The van der Waals surface area contributed by atoms with Crippen molar-refractivity contribution in [1.82, 2.24) is 5.32 Å². The van der Waals surface area contributed by atoms with Gasteiger partial charge < -0.3 is 5.32 Å². The molecule has 1 N–H and O–H groups in total. The maximum absolute atomic E-state index is 12.0. The Balaban J connectivity index is 1.98. The lowest BCUT2D eigenvalue weighted by atomic mass is 9.89. The first-order valence-electron chi connectivity index (χ1n) is 6.80. The summed E-state index contributed by atoms with van der Waals surface area (Å²) in [5.74, 6) is 0.241. The number of nitro groups is 1. The molecule has 5 nitrogen and oxygen atoms in total. The first kappa shape index (κ1) is 14.8. The van der Waals surface area contributed by atoms with Crippen LogP contribution in [0.1, 0.15) is 42.5 Å². The van der Waals surface area contributed by atoms with Crippen molar-refractivity contribution in [2.75, 3.05) is 6.54 Å². The highest BCUT2D eigenvalue weighted by molar-refractivity contribution is 6.32. The average Bonchev–Trinajstić information content (AvgIpc) is 2.46. The fourth-order valence-corrected chi connectivity index (χ4v) is 2.71. The lowest BCUT2D eigenvalue weighted by Crippen LogP contribution is -2.30. The Bertz CT molecular complexity index is 513. The molecule has 108 valence electrons. The molecule has 1 aliphatic carbocycles. The molecule has 2 rings (SSSR count). The number of benzene rings is 1. The monoisotopic (exact) mass is 296 g/mol. The summed E-state index contributed by atoms with van der Waals surface area (Å²) >= 11 is 5.72. The van der Waals surface area contributed by atoms with Crippen LogP contribution in [0.4, 0.5) is 5.69 Å². The number of rotatable bonds is 4. The highest BCUT2D eigenvalue weighted by Gasteiger charge is 2.18. The van der Waals surface area contributed by atoms with E-state index < -0.39 is 4.92 Å². The third-order valence-corrected chi connectivity index (χ3v) is 4.00. The molecule has 6 heteroatoms. The molecule has 20 heavy (non-hydrogen) atoms. The minimum atomic E-state index is -0.583. The van der Waals surface area contributed by atoms with Crippen molar-refractivity contribution in [3.63, 3.8) is 0 Å². The van der Waals surface area contributed by atoms with Gasteiger partial charge >= 0.3 is 0 Å². The maximum atomic E-state index is 12.0. The standard InChI is InChI=1S/C14H17ClN2O3/c15-12-7-6-11(8-13(12)17(19)20)14(18)16-9-10-4-2-1-3-5-10/h6-8,10H,1-5,9H2,(H,16,18). The quantitative estimate of drug-likeness (QED) is 0.682. The fourth-order valence-electron chi connectivity index (χ4n) is 2.52. The van der Waals surface area contributed by atoms with E-state index in [1.165, 1.54) is 37.5 Å². The zero-order valence-electron chi connectivity index (χ0n) is 11.1. The largest absolute Gasteiger partial charge is 0.352 e. The maximum Gasteiger partial charge on any atom is 0.288 e. The van der Waals surface area contributed by atoms with Crippen LogP contribution in [-0.4, -0.2) is 17.4 Å². The van der Waals surface area contributed by atoms with Gasteiger partial charge in [0.1, 0.15) is 5.02 Å². The van der Waals surface area contributed by atoms with E-state index in [9.17, 15) is 14.9 Å². The highest BCUT2D eigenvalue weighted by Crippen LogP contribution is 2.25. The predicted octanol–water partition coefficient (Wildman–Crippen LogP) is 3.56. The van der Waals surface area contributed by atoms with Crippen molar-refractivity contribution in [1.29, 1.82) is 0 Å². The molecule has 0 radical (unpaired) electrons. The number of nitrogens with one attached hydrogen (secondary N) is 1. The number of carbonyl (C=O) groups excluding carboxylic acids is 1. The van der Waals surface area contributed by atoms with Crippen LogP contribution in [0.2, 0.25) is 5.02 Å². The molecular weight excluding hydrogens is 280 g/mol. The van der Waals surface area contributed by atoms with Crippen LogP contribution >= 0.6 is 11.6 Å². The van der Waals surface area contributed by atoms with Crippen molar-refractivity contribution in [2.24, 2.45) is 5.92 Å². The van der Waals surface area contributed by atoms with Crippen molar-refractivity contribution in [3.05, 3.63) is 38.9 Å². The smallest absolute Gasteiger partial charge is 0.288 e. The molecule has 1 aromatic carbocycles. The molecule has 0 bridgehead atoms. The zero-order valence-corrected chi connectivity index (χ0v) is 11.9. The van der Waals surface area contributed by atoms with E-state index in [1.54, 1.807) is 0 Å². The number of hydrogen-bond donors (Lipinski definition) is 1. The first-order chi connectivity index (χ1) is 9.58. The molecule has 0 aliphatic heterocycles. The first-order valence-corrected chi connectivity index (χ1v) is 7.18. The van der Waals surface area contributed by atoms with Crippen molar-refractivity contribution in [3.8, 4) is 0 Å². The summed E-state index contributed by atoms with van der Waals surface area (Å²) in [4.78, 5) is 22.2. The summed E-state index contributed by atoms with van der Waals surface area (Å²) in [6.07, 6.45) is 5.98. The third-order valence-electron chi connectivity index (χ3n) is 3.68. The van der Waals surface area contributed by atoms with E-state index in [0.29, 0.717) is 12.5 Å². The summed E-state index contributed by atoms with van der Waals surface area (Å²) in [6, 6.07) is 4.11. The predicted molar refractivity (Wildman–Crippen MR) is 77.0 cm³/mol. The van der Waals surface area contributed by atoms with Gasteiger partial charge in [-0.3, -0.25) is 14.9 Å². The van der Waals surface area contributed by atoms with Gasteiger partial charge in [-0.15, -0.1) is 0 Å². The van der Waals surface area contributed by atoms with E-state index >= 15 is 0 Å². The summed E-state index contributed by atoms with van der Waals surface area (Å²) in [7, 11) is 0. The van der Waals surface area contributed by atoms with Crippen LogP contribution in [-0.2, 0) is 0 Å². The number of carbonyl (C=O) groups is 1. The second kappa shape index (κ2) is 6.70. The topological polar surface area (TPSA) is 72.2 Å². The van der Waals surface area contributed by atoms with Gasteiger partial charge in [0.05, 0.1) is 4.92 Å². The molecule has 1 aliphatic rings. The summed E-state index contributed by atoms with van der Waals surface area (Å²) in [6.45, 7) is 0.634. The van der Waals surface area contributed by atoms with Crippen LogP contribution in [0.15, 0.2) is 18.2 Å². The molecule has 1 saturated carbocycles. The molecule has 1 aromatic rings. The van der Waals surface area contributed by atoms with Gasteiger partial charge in [-0.05, 0) is 30.9 Å². The Morgan fingerprint density at radius 2 is 2.05 bits per heavy atom. The molecule has 1 amide bonds. The van der Waals surface area contributed by atoms with Crippen LogP contribution in [0.3, 0.4) is 0 Å². The Morgan fingerprint density at radius 3 is 2.70 bits per heavy atom. The molecule has 0 unspecified atom stereocenters. The number of nitro benzene ring substituents is 1. The van der Waals surface area contributed by atoms with Gasteiger partial charge in [0.2, 0.25) is 0 Å². The molecule has 0 spiro atoms. The second-order valence-corrected chi connectivity index (χ2v) is 5.54. The Labute approximate surface area is 122 Å². The van der Waals surface area contributed by atoms with E-state index in [4.69, 9.17) is 11.6 Å². The normalized spacial score (nSPS) is 15.8. The lowest BCUT2D eigenvalue weighted by Gasteiger charge is -2.21. The van der Waals surface area contributed by atoms with Crippen molar-refractivity contribution in [2.45, 2.75) is 32.1 Å². The van der Waals surface area contributed by atoms with Gasteiger partial charge in [-0.25, -0.2) is 0 Å². The number of nitrogens with zero attached hydrogens (tertiary/aromatic N) is 1. The molecule has 0 atom stereocenters. The van der Waals surface area contributed by atoms with Crippen molar-refractivity contribution < 1.29 is 9.72 Å². The van der Waals surface area contributed by atoms with E-state index in [-0.39, 0.29) is 22.2 Å². The van der Waals surface area contributed by atoms with Crippen LogP contribution in [0.25, 0.3) is 0 Å².